The number of fused-ring (bicyclic) bond motifs is 1. The minimum absolute atomic E-state index is 0.0262. The average Bonchev–Trinajstić information content (AvgIpc) is 2.68. The van der Waals surface area contributed by atoms with Gasteiger partial charge < -0.3 is 5.21 Å². The Hall–Kier alpha value is -2.00. The second-order valence-corrected chi connectivity index (χ2v) is 3.24. The van der Waals surface area contributed by atoms with Crippen molar-refractivity contribution in [3.8, 4) is 6.07 Å². The van der Waals surface area contributed by atoms with Crippen LogP contribution in [0.15, 0.2) is 23.4 Å². The van der Waals surface area contributed by atoms with Gasteiger partial charge in [-0.2, -0.15) is 5.26 Å². The maximum absolute atomic E-state index is 8.70. The molecule has 0 aliphatic heterocycles. The Kier molecular flexibility index (Phi) is 2.08. The van der Waals surface area contributed by atoms with E-state index in [1.165, 1.54) is 11.5 Å². The lowest BCUT2D eigenvalue weighted by atomic mass is 10.1. The number of oxime groups is 1. The summed E-state index contributed by atoms with van der Waals surface area (Å²) >= 11 is 1.17. The van der Waals surface area contributed by atoms with Crippen LogP contribution in [-0.2, 0) is 0 Å². The molecule has 0 amide bonds. The minimum Gasteiger partial charge on any atom is -0.410 e. The molecule has 0 atom stereocenters. The van der Waals surface area contributed by atoms with E-state index in [2.05, 4.69) is 14.7 Å². The Bertz CT molecular complexity index is 540. The van der Waals surface area contributed by atoms with Crippen LogP contribution in [0.4, 0.5) is 0 Å². The number of hydrogen-bond donors (Lipinski definition) is 1. The Labute approximate surface area is 83.1 Å². The number of benzene rings is 1. The highest BCUT2D eigenvalue weighted by atomic mass is 32.1. The summed E-state index contributed by atoms with van der Waals surface area (Å²) in [5.41, 5.74) is 1.23. The van der Waals surface area contributed by atoms with E-state index >= 15 is 0 Å². The lowest BCUT2D eigenvalue weighted by Gasteiger charge is -1.95. The first-order chi connectivity index (χ1) is 6.86. The van der Waals surface area contributed by atoms with Gasteiger partial charge in [0.1, 0.15) is 11.6 Å². The van der Waals surface area contributed by atoms with Gasteiger partial charge in [-0.15, -0.1) is 5.10 Å². The number of nitrogens with zero attached hydrogens (tertiary/aromatic N) is 4. The lowest BCUT2D eigenvalue weighted by Crippen LogP contribution is -1.96. The van der Waals surface area contributed by atoms with Crippen LogP contribution in [0, 0.1) is 11.3 Å². The van der Waals surface area contributed by atoms with Crippen LogP contribution >= 0.6 is 11.5 Å². The zero-order chi connectivity index (χ0) is 9.97. The highest BCUT2D eigenvalue weighted by molar-refractivity contribution is 7.13. The summed E-state index contributed by atoms with van der Waals surface area (Å²) in [6.07, 6.45) is 0. The molecule has 0 spiro atoms. The number of aromatic nitrogens is 2. The monoisotopic (exact) mass is 204 g/mol. The molecule has 1 heterocycles. The smallest absolute Gasteiger partial charge is 0.188 e. The molecule has 0 aliphatic carbocycles. The van der Waals surface area contributed by atoms with Crippen LogP contribution < -0.4 is 0 Å². The van der Waals surface area contributed by atoms with Crippen molar-refractivity contribution in [3.63, 3.8) is 0 Å². The Morgan fingerprint density at radius 1 is 1.57 bits per heavy atom. The maximum Gasteiger partial charge on any atom is 0.188 e. The molecule has 1 N–H and O–H groups in total. The second kappa shape index (κ2) is 3.40. The number of hydrogen-bond acceptors (Lipinski definition) is 6. The molecular formula is C8H4N4OS. The first-order valence-corrected chi connectivity index (χ1v) is 4.47. The fourth-order valence-electron chi connectivity index (χ4n) is 1.13. The van der Waals surface area contributed by atoms with Gasteiger partial charge in [0.2, 0.25) is 0 Å². The van der Waals surface area contributed by atoms with E-state index in [1.807, 2.05) is 0 Å². The molecule has 6 heteroatoms. The standard InChI is InChI=1S/C8H4N4OS/c9-4-7(11-13)5-2-1-3-6-8(5)14-12-10-6/h1-3,13H/b11-7+. The molecule has 5 nitrogen and oxygen atoms in total. The first-order valence-electron chi connectivity index (χ1n) is 3.70. The summed E-state index contributed by atoms with van der Waals surface area (Å²) in [6.45, 7) is 0. The summed E-state index contributed by atoms with van der Waals surface area (Å²) in [4.78, 5) is 0. The van der Waals surface area contributed by atoms with E-state index in [4.69, 9.17) is 10.5 Å². The van der Waals surface area contributed by atoms with Crippen molar-refractivity contribution in [1.82, 2.24) is 9.59 Å². The molecule has 0 saturated heterocycles. The Morgan fingerprint density at radius 3 is 3.14 bits per heavy atom. The molecule has 0 aliphatic rings. The molecule has 2 rings (SSSR count). The molecule has 14 heavy (non-hydrogen) atoms. The summed E-state index contributed by atoms with van der Waals surface area (Å²) in [6, 6.07) is 7.02. The predicted octanol–water partition coefficient (Wildman–Crippen LogP) is 1.39. The average molecular weight is 204 g/mol. The molecule has 2 aromatic rings. The van der Waals surface area contributed by atoms with Crippen molar-refractivity contribution in [2.45, 2.75) is 0 Å². The number of nitriles is 1. The van der Waals surface area contributed by atoms with Crippen molar-refractivity contribution in [2.24, 2.45) is 5.16 Å². The van der Waals surface area contributed by atoms with Crippen LogP contribution in [0.2, 0.25) is 0 Å². The lowest BCUT2D eigenvalue weighted by molar-refractivity contribution is 0.320. The van der Waals surface area contributed by atoms with Crippen molar-refractivity contribution in [1.29, 1.82) is 5.26 Å². The van der Waals surface area contributed by atoms with E-state index in [-0.39, 0.29) is 5.71 Å². The third-order valence-corrected chi connectivity index (χ3v) is 2.51. The fourth-order valence-corrected chi connectivity index (χ4v) is 1.80. The zero-order valence-electron chi connectivity index (χ0n) is 6.88. The Morgan fingerprint density at radius 2 is 2.43 bits per heavy atom. The van der Waals surface area contributed by atoms with Crippen molar-refractivity contribution in [2.75, 3.05) is 0 Å². The number of rotatable bonds is 1. The molecule has 68 valence electrons. The van der Waals surface area contributed by atoms with Crippen molar-refractivity contribution in [3.05, 3.63) is 23.8 Å². The van der Waals surface area contributed by atoms with E-state index < -0.39 is 0 Å². The van der Waals surface area contributed by atoms with Gasteiger partial charge in [-0.1, -0.05) is 21.8 Å². The van der Waals surface area contributed by atoms with Gasteiger partial charge in [-0.25, -0.2) is 0 Å². The van der Waals surface area contributed by atoms with Gasteiger partial charge in [0.15, 0.2) is 5.71 Å². The molecular weight excluding hydrogens is 200 g/mol. The third-order valence-electron chi connectivity index (χ3n) is 1.74. The first kappa shape index (κ1) is 8.59. The molecule has 0 bridgehead atoms. The van der Waals surface area contributed by atoms with Gasteiger partial charge in [0.25, 0.3) is 0 Å². The molecule has 0 fully saturated rings. The normalized spacial score (nSPS) is 11.5. The van der Waals surface area contributed by atoms with Crippen LogP contribution in [0.5, 0.6) is 0 Å². The van der Waals surface area contributed by atoms with Gasteiger partial charge >= 0.3 is 0 Å². The third kappa shape index (κ3) is 1.20. The summed E-state index contributed by atoms with van der Waals surface area (Å²) < 4.78 is 4.51. The van der Waals surface area contributed by atoms with E-state index in [0.29, 0.717) is 11.1 Å². The SMILES string of the molecule is N#C/C(=N\O)c1cccc2nnsc12. The quantitative estimate of drug-likeness (QED) is 0.432. The molecule has 0 radical (unpaired) electrons. The largest absolute Gasteiger partial charge is 0.410 e. The van der Waals surface area contributed by atoms with Crippen LogP contribution in [-0.4, -0.2) is 20.5 Å². The van der Waals surface area contributed by atoms with Crippen LogP contribution in [0.3, 0.4) is 0 Å². The van der Waals surface area contributed by atoms with Crippen molar-refractivity contribution < 1.29 is 5.21 Å². The van der Waals surface area contributed by atoms with E-state index in [1.54, 1.807) is 24.3 Å². The Balaban J connectivity index is 2.75. The summed E-state index contributed by atoms with van der Waals surface area (Å²) in [5, 5.41) is 24.1. The van der Waals surface area contributed by atoms with Gasteiger partial charge in [0.05, 0.1) is 4.70 Å². The topological polar surface area (TPSA) is 82.2 Å². The van der Waals surface area contributed by atoms with E-state index in [9.17, 15) is 0 Å². The zero-order valence-corrected chi connectivity index (χ0v) is 7.69. The highest BCUT2D eigenvalue weighted by Crippen LogP contribution is 2.20. The van der Waals surface area contributed by atoms with Crippen LogP contribution in [0.25, 0.3) is 10.2 Å². The van der Waals surface area contributed by atoms with Crippen LogP contribution in [0.1, 0.15) is 5.56 Å². The molecule has 1 aromatic heterocycles. The minimum atomic E-state index is -0.0262. The summed E-state index contributed by atoms with van der Waals surface area (Å²) in [5.74, 6) is 0. The van der Waals surface area contributed by atoms with E-state index in [0.717, 1.165) is 4.70 Å². The van der Waals surface area contributed by atoms with Gasteiger partial charge in [-0.3, -0.25) is 0 Å². The second-order valence-electron chi connectivity index (χ2n) is 2.49. The van der Waals surface area contributed by atoms with Gasteiger partial charge in [0, 0.05) is 5.56 Å². The maximum atomic E-state index is 8.70. The highest BCUT2D eigenvalue weighted by Gasteiger charge is 2.10. The predicted molar refractivity (Wildman–Crippen MR) is 51.4 cm³/mol. The molecule has 0 saturated carbocycles. The summed E-state index contributed by atoms with van der Waals surface area (Å²) in [7, 11) is 0. The fraction of sp³-hybridized carbons (Fsp3) is 0. The van der Waals surface area contributed by atoms with Gasteiger partial charge in [-0.05, 0) is 17.6 Å². The van der Waals surface area contributed by atoms with Crippen molar-refractivity contribution >= 4 is 27.5 Å². The molecule has 0 unspecified atom stereocenters. The molecule has 1 aromatic carbocycles.